The molecule has 0 unspecified atom stereocenters. The summed E-state index contributed by atoms with van der Waals surface area (Å²) in [5.41, 5.74) is 3.55. The van der Waals surface area contributed by atoms with Gasteiger partial charge in [0.1, 0.15) is 12.0 Å². The van der Waals surface area contributed by atoms with Crippen LogP contribution in [-0.4, -0.2) is 30.6 Å². The van der Waals surface area contributed by atoms with Gasteiger partial charge in [0, 0.05) is 31.0 Å². The highest BCUT2D eigenvalue weighted by molar-refractivity contribution is 5.95. The molecule has 1 amide bonds. The molecular formula is C23H20N8O. The number of carbonyl (C=O) groups is 1. The van der Waals surface area contributed by atoms with E-state index < -0.39 is 0 Å². The van der Waals surface area contributed by atoms with E-state index in [9.17, 15) is 4.79 Å². The summed E-state index contributed by atoms with van der Waals surface area (Å²) in [5, 5.41) is 23.5. The Morgan fingerprint density at radius 2 is 1.94 bits per heavy atom. The summed E-state index contributed by atoms with van der Waals surface area (Å²) < 4.78 is 1.86. The van der Waals surface area contributed by atoms with Crippen molar-refractivity contribution < 1.29 is 4.79 Å². The third-order valence-corrected chi connectivity index (χ3v) is 4.89. The summed E-state index contributed by atoms with van der Waals surface area (Å²) in [4.78, 5) is 20.7. The Labute approximate surface area is 184 Å². The van der Waals surface area contributed by atoms with Gasteiger partial charge >= 0.3 is 0 Å². The molecule has 0 aliphatic heterocycles. The third kappa shape index (κ3) is 4.76. The van der Waals surface area contributed by atoms with Gasteiger partial charge in [0.2, 0.25) is 0 Å². The molecule has 0 spiro atoms. The molecule has 0 atom stereocenters. The normalized spacial score (nSPS) is 10.4. The van der Waals surface area contributed by atoms with Crippen LogP contribution in [0.1, 0.15) is 27.3 Å². The van der Waals surface area contributed by atoms with E-state index in [0.29, 0.717) is 35.7 Å². The van der Waals surface area contributed by atoms with Crippen molar-refractivity contribution in [2.45, 2.75) is 13.1 Å². The van der Waals surface area contributed by atoms with E-state index in [1.807, 2.05) is 35.9 Å². The molecule has 2 N–H and O–H groups in total. The van der Waals surface area contributed by atoms with Crippen molar-refractivity contribution in [3.05, 3.63) is 89.6 Å². The van der Waals surface area contributed by atoms with Crippen LogP contribution in [0.2, 0.25) is 0 Å². The van der Waals surface area contributed by atoms with Crippen LogP contribution < -0.4 is 10.6 Å². The molecule has 0 aliphatic carbocycles. The van der Waals surface area contributed by atoms with Crippen molar-refractivity contribution >= 4 is 11.6 Å². The van der Waals surface area contributed by atoms with Crippen molar-refractivity contribution in [1.29, 1.82) is 5.26 Å². The summed E-state index contributed by atoms with van der Waals surface area (Å²) in [5.74, 6) is 1.21. The summed E-state index contributed by atoms with van der Waals surface area (Å²) >= 11 is 0. The van der Waals surface area contributed by atoms with Crippen molar-refractivity contribution in [3.8, 4) is 17.6 Å². The van der Waals surface area contributed by atoms with Gasteiger partial charge in [0.05, 0.1) is 18.2 Å². The highest BCUT2D eigenvalue weighted by Gasteiger charge is 2.12. The fraction of sp³-hybridized carbons (Fsp3) is 0.130. The van der Waals surface area contributed by atoms with Gasteiger partial charge < -0.3 is 15.2 Å². The molecule has 2 heterocycles. The molecule has 0 radical (unpaired) electrons. The van der Waals surface area contributed by atoms with E-state index in [0.717, 1.165) is 17.1 Å². The second kappa shape index (κ2) is 9.49. The SMILES string of the molecule is Cn1c(CNc2cccc(C(=O)NCc3ccc(C#N)cc3)c2)nnc1-c1ccncn1. The number of amides is 1. The largest absolute Gasteiger partial charge is 0.378 e. The van der Waals surface area contributed by atoms with Gasteiger partial charge in [-0.3, -0.25) is 4.79 Å². The highest BCUT2D eigenvalue weighted by atomic mass is 16.1. The Kier molecular flexibility index (Phi) is 6.13. The first kappa shape index (κ1) is 20.7. The topological polar surface area (TPSA) is 121 Å². The number of nitrogens with zero attached hydrogens (tertiary/aromatic N) is 6. The van der Waals surface area contributed by atoms with Crippen molar-refractivity contribution in [3.63, 3.8) is 0 Å². The van der Waals surface area contributed by atoms with Crippen LogP contribution in [0, 0.1) is 11.3 Å². The minimum atomic E-state index is -0.178. The number of aromatic nitrogens is 5. The quantitative estimate of drug-likeness (QED) is 0.468. The Morgan fingerprint density at radius 3 is 2.69 bits per heavy atom. The van der Waals surface area contributed by atoms with Crippen molar-refractivity contribution in [2.75, 3.05) is 5.32 Å². The monoisotopic (exact) mass is 424 g/mol. The zero-order valence-corrected chi connectivity index (χ0v) is 17.4. The van der Waals surface area contributed by atoms with Crippen LogP contribution in [0.3, 0.4) is 0 Å². The van der Waals surface area contributed by atoms with E-state index in [4.69, 9.17) is 5.26 Å². The van der Waals surface area contributed by atoms with Crippen LogP contribution in [-0.2, 0) is 20.1 Å². The molecule has 0 saturated carbocycles. The minimum absolute atomic E-state index is 0.178. The average molecular weight is 424 g/mol. The summed E-state index contributed by atoms with van der Waals surface area (Å²) in [6, 6.07) is 18.2. The lowest BCUT2D eigenvalue weighted by Gasteiger charge is -2.09. The van der Waals surface area contributed by atoms with Crippen LogP contribution >= 0.6 is 0 Å². The lowest BCUT2D eigenvalue weighted by atomic mass is 10.1. The molecule has 0 saturated heterocycles. The van der Waals surface area contributed by atoms with Gasteiger partial charge in [0.15, 0.2) is 11.6 Å². The average Bonchev–Trinajstić information content (AvgIpc) is 3.22. The minimum Gasteiger partial charge on any atom is -0.378 e. The summed E-state index contributed by atoms with van der Waals surface area (Å²) in [6.07, 6.45) is 3.13. The summed E-state index contributed by atoms with van der Waals surface area (Å²) in [7, 11) is 1.88. The van der Waals surface area contributed by atoms with E-state index in [1.54, 1.807) is 36.5 Å². The van der Waals surface area contributed by atoms with Gasteiger partial charge in [-0.1, -0.05) is 18.2 Å². The van der Waals surface area contributed by atoms with Crippen molar-refractivity contribution in [1.82, 2.24) is 30.0 Å². The number of anilines is 1. The second-order valence-corrected chi connectivity index (χ2v) is 7.02. The lowest BCUT2D eigenvalue weighted by molar-refractivity contribution is 0.0951. The molecule has 9 nitrogen and oxygen atoms in total. The van der Waals surface area contributed by atoms with Gasteiger partial charge in [-0.2, -0.15) is 5.26 Å². The number of nitrogens with one attached hydrogen (secondary N) is 2. The van der Waals surface area contributed by atoms with Gasteiger partial charge in [-0.05, 0) is 42.0 Å². The molecule has 0 aliphatic rings. The smallest absolute Gasteiger partial charge is 0.251 e. The Hall–Kier alpha value is -4.58. The van der Waals surface area contributed by atoms with E-state index in [-0.39, 0.29) is 5.91 Å². The predicted octanol–water partition coefficient (Wildman–Crippen LogP) is 2.69. The van der Waals surface area contributed by atoms with Gasteiger partial charge in [-0.15, -0.1) is 10.2 Å². The predicted molar refractivity (Wildman–Crippen MR) is 118 cm³/mol. The first-order valence-corrected chi connectivity index (χ1v) is 9.90. The van der Waals surface area contributed by atoms with E-state index in [1.165, 1.54) is 6.33 Å². The number of nitriles is 1. The van der Waals surface area contributed by atoms with Gasteiger partial charge in [0.25, 0.3) is 5.91 Å². The molecule has 2 aromatic heterocycles. The Morgan fingerprint density at radius 1 is 1.09 bits per heavy atom. The molecule has 32 heavy (non-hydrogen) atoms. The fourth-order valence-corrected chi connectivity index (χ4v) is 3.09. The standard InChI is InChI=1S/C23H20N8O/c1-31-21(29-30-22(31)20-9-10-25-15-28-20)14-26-19-4-2-3-18(11-19)23(32)27-13-17-7-5-16(12-24)6-8-17/h2-11,15,26H,13-14H2,1H3,(H,27,32). The Bertz CT molecular complexity index is 1260. The molecule has 9 heteroatoms. The number of carbonyl (C=O) groups excluding carboxylic acids is 1. The van der Waals surface area contributed by atoms with Crippen LogP contribution in [0.4, 0.5) is 5.69 Å². The molecule has 0 fully saturated rings. The molecule has 4 rings (SSSR count). The Balaban J connectivity index is 1.37. The first-order chi connectivity index (χ1) is 15.6. The molecule has 2 aromatic carbocycles. The molecule has 158 valence electrons. The maximum Gasteiger partial charge on any atom is 0.251 e. The highest BCUT2D eigenvalue weighted by Crippen LogP contribution is 2.16. The fourth-order valence-electron chi connectivity index (χ4n) is 3.09. The molecular weight excluding hydrogens is 404 g/mol. The van der Waals surface area contributed by atoms with Crippen LogP contribution in [0.15, 0.2) is 67.1 Å². The molecule has 4 aromatic rings. The lowest BCUT2D eigenvalue weighted by Crippen LogP contribution is -2.22. The maximum atomic E-state index is 12.6. The number of hydrogen-bond acceptors (Lipinski definition) is 7. The third-order valence-electron chi connectivity index (χ3n) is 4.89. The van der Waals surface area contributed by atoms with E-state index in [2.05, 4.69) is 36.9 Å². The van der Waals surface area contributed by atoms with Gasteiger partial charge in [-0.25, -0.2) is 9.97 Å². The zero-order valence-electron chi connectivity index (χ0n) is 17.4. The maximum absolute atomic E-state index is 12.6. The van der Waals surface area contributed by atoms with Crippen molar-refractivity contribution in [2.24, 2.45) is 7.05 Å². The second-order valence-electron chi connectivity index (χ2n) is 7.02. The number of hydrogen-bond donors (Lipinski definition) is 2. The van der Waals surface area contributed by atoms with E-state index >= 15 is 0 Å². The van der Waals surface area contributed by atoms with Crippen LogP contribution in [0.5, 0.6) is 0 Å². The number of benzene rings is 2. The summed E-state index contributed by atoms with van der Waals surface area (Å²) in [6.45, 7) is 0.817. The first-order valence-electron chi connectivity index (χ1n) is 9.90. The number of rotatable bonds is 7. The zero-order chi connectivity index (χ0) is 22.3. The molecule has 0 bridgehead atoms. The van der Waals surface area contributed by atoms with Crippen LogP contribution in [0.25, 0.3) is 11.5 Å².